The van der Waals surface area contributed by atoms with Crippen molar-refractivity contribution in [3.63, 3.8) is 0 Å². The van der Waals surface area contributed by atoms with Gasteiger partial charge in [-0.2, -0.15) is 8.42 Å². The summed E-state index contributed by atoms with van der Waals surface area (Å²) in [5, 5.41) is 11.2. The van der Waals surface area contributed by atoms with E-state index < -0.39 is 21.7 Å². The molecule has 0 aliphatic heterocycles. The second-order valence-corrected chi connectivity index (χ2v) is 8.05. The van der Waals surface area contributed by atoms with Gasteiger partial charge in [-0.05, 0) is 31.5 Å². The number of carbonyl (C=O) groups excluding carboxylic acids is 1. The van der Waals surface area contributed by atoms with Crippen molar-refractivity contribution in [3.8, 4) is 0 Å². The molecular formula is C22H20O5S. The van der Waals surface area contributed by atoms with Gasteiger partial charge in [0, 0.05) is 11.1 Å². The summed E-state index contributed by atoms with van der Waals surface area (Å²) in [7, 11) is -4.42. The Hall–Kier alpha value is -2.80. The fourth-order valence-electron chi connectivity index (χ4n) is 2.80. The van der Waals surface area contributed by atoms with Crippen LogP contribution in [0.3, 0.4) is 0 Å². The Bertz CT molecular complexity index is 1090. The van der Waals surface area contributed by atoms with Gasteiger partial charge in [0.2, 0.25) is 5.78 Å². The number of rotatable bonds is 6. The predicted octanol–water partition coefficient (Wildman–Crippen LogP) is 3.74. The molecule has 5 nitrogen and oxygen atoms in total. The van der Waals surface area contributed by atoms with Gasteiger partial charge in [0.25, 0.3) is 15.9 Å². The van der Waals surface area contributed by atoms with Crippen LogP contribution in [0.1, 0.15) is 27.0 Å². The highest BCUT2D eigenvalue weighted by Gasteiger charge is 2.45. The molecule has 3 aromatic carbocycles. The quantitative estimate of drug-likeness (QED) is 0.390. The highest BCUT2D eigenvalue weighted by atomic mass is 32.2. The van der Waals surface area contributed by atoms with E-state index in [-0.39, 0.29) is 16.0 Å². The lowest BCUT2D eigenvalue weighted by molar-refractivity contribution is -0.102. The molecule has 0 spiro atoms. The molecule has 1 unspecified atom stereocenters. The summed E-state index contributed by atoms with van der Waals surface area (Å²) < 4.78 is 30.8. The molecule has 0 bridgehead atoms. The van der Waals surface area contributed by atoms with Crippen LogP contribution in [0.25, 0.3) is 0 Å². The number of ketones is 1. The minimum Gasteiger partial charge on any atom is -0.355 e. The molecule has 3 rings (SSSR count). The van der Waals surface area contributed by atoms with Crippen LogP contribution in [0.5, 0.6) is 0 Å². The van der Waals surface area contributed by atoms with E-state index in [1.54, 1.807) is 55.5 Å². The van der Waals surface area contributed by atoms with Crippen molar-refractivity contribution in [1.29, 1.82) is 0 Å². The molecule has 0 aromatic heterocycles. The Kier molecular flexibility index (Phi) is 5.47. The standard InChI is InChI=1S/C22H20O5S/c1-16-12-14-19(15-13-16)28(25,26)27-22(24,18-9-4-3-5-10-18)21(23)20-11-7-6-8-17(20)2/h3-15,24H,1-2H3. The van der Waals surface area contributed by atoms with Gasteiger partial charge in [-0.15, -0.1) is 0 Å². The summed E-state index contributed by atoms with van der Waals surface area (Å²) in [4.78, 5) is 13.1. The zero-order chi connectivity index (χ0) is 20.4. The molecule has 0 amide bonds. The second-order valence-electron chi connectivity index (χ2n) is 6.50. The Morgan fingerprint density at radius 3 is 2.04 bits per heavy atom. The SMILES string of the molecule is Cc1ccc(S(=O)(=O)OC(O)(C(=O)c2ccccc2C)c2ccccc2)cc1. The number of carbonyl (C=O) groups is 1. The predicted molar refractivity (Wildman–Crippen MR) is 105 cm³/mol. The highest BCUT2D eigenvalue weighted by molar-refractivity contribution is 7.86. The highest BCUT2D eigenvalue weighted by Crippen LogP contribution is 2.32. The normalized spacial score (nSPS) is 13.7. The van der Waals surface area contributed by atoms with Gasteiger partial charge >= 0.3 is 0 Å². The summed E-state index contributed by atoms with van der Waals surface area (Å²) in [5.41, 5.74) is 1.67. The van der Waals surface area contributed by atoms with Gasteiger partial charge in [-0.3, -0.25) is 4.79 Å². The Labute approximate surface area is 164 Å². The Morgan fingerprint density at radius 2 is 1.43 bits per heavy atom. The summed E-state index contributed by atoms with van der Waals surface area (Å²) in [6.07, 6.45) is 0. The van der Waals surface area contributed by atoms with Crippen LogP contribution in [0.4, 0.5) is 0 Å². The van der Waals surface area contributed by atoms with Crippen LogP contribution in [0.15, 0.2) is 83.8 Å². The average Bonchev–Trinajstić information content (AvgIpc) is 2.68. The maximum Gasteiger partial charge on any atom is 0.300 e. The molecule has 1 N–H and O–H groups in total. The maximum atomic E-state index is 13.2. The van der Waals surface area contributed by atoms with E-state index in [0.717, 1.165) is 5.56 Å². The van der Waals surface area contributed by atoms with E-state index in [2.05, 4.69) is 0 Å². The van der Waals surface area contributed by atoms with Crippen LogP contribution in [0.2, 0.25) is 0 Å². The topological polar surface area (TPSA) is 80.7 Å². The molecule has 0 saturated heterocycles. The first-order valence-electron chi connectivity index (χ1n) is 8.65. The molecule has 0 aliphatic carbocycles. The lowest BCUT2D eigenvalue weighted by Crippen LogP contribution is -2.41. The molecule has 0 heterocycles. The smallest absolute Gasteiger partial charge is 0.300 e. The minimum atomic E-state index is -4.42. The van der Waals surface area contributed by atoms with Gasteiger partial charge in [0.05, 0.1) is 4.90 Å². The third-order valence-corrected chi connectivity index (χ3v) is 5.71. The summed E-state index contributed by atoms with van der Waals surface area (Å²) >= 11 is 0. The Morgan fingerprint density at radius 1 is 0.857 bits per heavy atom. The number of aliphatic hydroxyl groups is 1. The molecule has 144 valence electrons. The third-order valence-electron chi connectivity index (χ3n) is 4.40. The van der Waals surface area contributed by atoms with Crippen LogP contribution < -0.4 is 0 Å². The molecule has 1 atom stereocenters. The number of aryl methyl sites for hydroxylation is 2. The zero-order valence-electron chi connectivity index (χ0n) is 15.5. The van der Waals surface area contributed by atoms with E-state index in [4.69, 9.17) is 4.18 Å². The molecule has 6 heteroatoms. The van der Waals surface area contributed by atoms with Crippen LogP contribution in [-0.2, 0) is 20.1 Å². The van der Waals surface area contributed by atoms with Gasteiger partial charge in [-0.25, -0.2) is 4.18 Å². The first kappa shape index (κ1) is 19.9. The Balaban J connectivity index is 2.11. The van der Waals surface area contributed by atoms with Crippen molar-refractivity contribution in [1.82, 2.24) is 0 Å². The van der Waals surface area contributed by atoms with Crippen molar-refractivity contribution in [2.24, 2.45) is 0 Å². The molecular weight excluding hydrogens is 376 g/mol. The van der Waals surface area contributed by atoms with Crippen LogP contribution >= 0.6 is 0 Å². The summed E-state index contributed by atoms with van der Waals surface area (Å²) in [5.74, 6) is -3.55. The van der Waals surface area contributed by atoms with Crippen molar-refractivity contribution in [3.05, 3.63) is 101 Å². The first-order valence-corrected chi connectivity index (χ1v) is 10.1. The van der Waals surface area contributed by atoms with Gasteiger partial charge in [0.15, 0.2) is 0 Å². The van der Waals surface area contributed by atoms with Crippen LogP contribution in [-0.4, -0.2) is 19.3 Å². The molecule has 3 aromatic rings. The average molecular weight is 396 g/mol. The monoisotopic (exact) mass is 396 g/mol. The van der Waals surface area contributed by atoms with Gasteiger partial charge < -0.3 is 5.11 Å². The van der Waals surface area contributed by atoms with E-state index in [1.165, 1.54) is 30.3 Å². The third kappa shape index (κ3) is 3.89. The van der Waals surface area contributed by atoms with Gasteiger partial charge in [0.1, 0.15) is 0 Å². The zero-order valence-corrected chi connectivity index (χ0v) is 16.3. The largest absolute Gasteiger partial charge is 0.355 e. The van der Waals surface area contributed by atoms with E-state index in [0.29, 0.717) is 5.56 Å². The van der Waals surface area contributed by atoms with E-state index in [1.807, 2.05) is 6.92 Å². The van der Waals surface area contributed by atoms with Crippen LogP contribution in [0, 0.1) is 13.8 Å². The van der Waals surface area contributed by atoms with Crippen molar-refractivity contribution < 1.29 is 22.5 Å². The molecule has 28 heavy (non-hydrogen) atoms. The van der Waals surface area contributed by atoms with Crippen molar-refractivity contribution >= 4 is 15.9 Å². The van der Waals surface area contributed by atoms with E-state index >= 15 is 0 Å². The number of hydrogen-bond acceptors (Lipinski definition) is 5. The number of Topliss-reactive ketones (excluding diaryl/α,β-unsaturated/α-hetero) is 1. The summed E-state index contributed by atoms with van der Waals surface area (Å²) in [6.45, 7) is 3.52. The minimum absolute atomic E-state index is 0.0268. The van der Waals surface area contributed by atoms with Crippen molar-refractivity contribution in [2.45, 2.75) is 24.5 Å². The van der Waals surface area contributed by atoms with Crippen molar-refractivity contribution in [2.75, 3.05) is 0 Å². The van der Waals surface area contributed by atoms with Gasteiger partial charge in [-0.1, -0.05) is 72.3 Å². The fourth-order valence-corrected chi connectivity index (χ4v) is 3.86. The molecule has 0 aliphatic rings. The van der Waals surface area contributed by atoms with E-state index in [9.17, 15) is 18.3 Å². The number of benzene rings is 3. The molecule has 0 radical (unpaired) electrons. The lowest BCUT2D eigenvalue weighted by Gasteiger charge is -2.27. The fraction of sp³-hybridized carbons (Fsp3) is 0.136. The number of hydrogen-bond donors (Lipinski definition) is 1. The maximum absolute atomic E-state index is 13.2. The molecule has 0 saturated carbocycles. The second kappa shape index (κ2) is 7.67. The lowest BCUT2D eigenvalue weighted by atomic mass is 9.94. The molecule has 0 fully saturated rings. The summed E-state index contributed by atoms with van der Waals surface area (Å²) in [6, 6.07) is 20.3. The first-order chi connectivity index (χ1) is 13.2.